The van der Waals surface area contributed by atoms with Crippen LogP contribution in [0.3, 0.4) is 0 Å². The first kappa shape index (κ1) is 16.3. The number of ether oxygens (including phenoxy) is 2. The van der Waals surface area contributed by atoms with Gasteiger partial charge in [-0.3, -0.25) is 4.57 Å². The van der Waals surface area contributed by atoms with E-state index in [1.54, 1.807) is 17.9 Å². The maximum atomic E-state index is 12.1. The van der Waals surface area contributed by atoms with Gasteiger partial charge in [0.1, 0.15) is 12.0 Å². The van der Waals surface area contributed by atoms with E-state index >= 15 is 0 Å². The van der Waals surface area contributed by atoms with Gasteiger partial charge in [0, 0.05) is 30.9 Å². The first-order valence-electron chi connectivity index (χ1n) is 7.22. The highest BCUT2D eigenvalue weighted by Gasteiger charge is 2.26. The molecule has 1 aromatic heterocycles. The van der Waals surface area contributed by atoms with E-state index < -0.39 is 0 Å². The van der Waals surface area contributed by atoms with Gasteiger partial charge < -0.3 is 14.8 Å². The first-order valence-corrected chi connectivity index (χ1v) is 9.11. The number of methoxy groups -OCH3 is 1. The van der Waals surface area contributed by atoms with Gasteiger partial charge in [0.25, 0.3) is 0 Å². The highest BCUT2D eigenvalue weighted by atomic mass is 32.2. The molecule has 1 aromatic rings. The number of rotatable bonds is 6. The lowest BCUT2D eigenvalue weighted by Crippen LogP contribution is -2.29. The van der Waals surface area contributed by atoms with E-state index in [9.17, 15) is 4.79 Å². The Bertz CT molecular complexity index is 520. The Hall–Kier alpha value is -1.05. The summed E-state index contributed by atoms with van der Waals surface area (Å²) >= 11 is 0. The van der Waals surface area contributed by atoms with Crippen LogP contribution < -0.4 is 11.0 Å². The summed E-state index contributed by atoms with van der Waals surface area (Å²) in [5, 5.41) is 3.13. The number of thiol groups is 1. The van der Waals surface area contributed by atoms with E-state index in [-0.39, 0.29) is 35.0 Å². The molecular weight excluding hydrogens is 290 g/mol. The van der Waals surface area contributed by atoms with Crippen LogP contribution in [-0.4, -0.2) is 46.3 Å². The Labute approximate surface area is 128 Å². The zero-order valence-corrected chi connectivity index (χ0v) is 14.0. The average molecular weight is 315 g/mol. The van der Waals surface area contributed by atoms with E-state index in [1.807, 2.05) is 19.9 Å². The second kappa shape index (κ2) is 7.29. The Morgan fingerprint density at radius 3 is 2.95 bits per heavy atom. The number of hydrogen-bond donors (Lipinski definition) is 2. The van der Waals surface area contributed by atoms with E-state index in [4.69, 9.17) is 9.47 Å². The highest BCUT2D eigenvalue weighted by molar-refractivity contribution is 8.17. The van der Waals surface area contributed by atoms with Gasteiger partial charge in [0.15, 0.2) is 0 Å². The van der Waals surface area contributed by atoms with E-state index in [1.165, 1.54) is 0 Å². The maximum Gasteiger partial charge on any atom is 0.351 e. The molecule has 7 heteroatoms. The van der Waals surface area contributed by atoms with Crippen molar-refractivity contribution in [2.45, 2.75) is 39.1 Å². The van der Waals surface area contributed by atoms with Gasteiger partial charge in [-0.1, -0.05) is 0 Å². The topological polar surface area (TPSA) is 65.4 Å². The van der Waals surface area contributed by atoms with Crippen LogP contribution in [0, 0.1) is 0 Å². The van der Waals surface area contributed by atoms with Crippen molar-refractivity contribution >= 4 is 16.7 Å². The van der Waals surface area contributed by atoms with Crippen molar-refractivity contribution in [1.82, 2.24) is 9.55 Å². The van der Waals surface area contributed by atoms with Crippen molar-refractivity contribution in [3.05, 3.63) is 22.7 Å². The van der Waals surface area contributed by atoms with Crippen LogP contribution in [0.15, 0.2) is 17.1 Å². The molecule has 6 nitrogen and oxygen atoms in total. The smallest absolute Gasteiger partial charge is 0.351 e. The fourth-order valence-corrected chi connectivity index (χ4v) is 4.60. The van der Waals surface area contributed by atoms with Crippen LogP contribution in [0.25, 0.3) is 0 Å². The molecule has 2 heterocycles. The number of anilines is 1. The fraction of sp³-hybridized carbons (Fsp3) is 0.714. The zero-order chi connectivity index (χ0) is 15.4. The molecule has 0 aliphatic carbocycles. The van der Waals surface area contributed by atoms with Gasteiger partial charge in [-0.25, -0.2) is 15.7 Å². The number of aromatic nitrogens is 2. The van der Waals surface area contributed by atoms with Gasteiger partial charge in [-0.2, -0.15) is 4.98 Å². The molecule has 1 fully saturated rings. The quantitative estimate of drug-likeness (QED) is 0.781. The third-order valence-corrected chi connectivity index (χ3v) is 5.73. The summed E-state index contributed by atoms with van der Waals surface area (Å²) in [5.74, 6) is 3.24. The summed E-state index contributed by atoms with van der Waals surface area (Å²) < 4.78 is 12.7. The van der Waals surface area contributed by atoms with Gasteiger partial charge in [-0.05, 0) is 26.8 Å². The van der Waals surface area contributed by atoms with Crippen LogP contribution in [-0.2, 0) is 9.47 Å². The normalized spacial score (nSPS) is 25.2. The molecule has 0 radical (unpaired) electrons. The van der Waals surface area contributed by atoms with Crippen molar-refractivity contribution in [3.8, 4) is 0 Å². The lowest BCUT2D eigenvalue weighted by Gasteiger charge is -2.18. The molecule has 1 saturated heterocycles. The van der Waals surface area contributed by atoms with Crippen molar-refractivity contribution in [2.24, 2.45) is 0 Å². The summed E-state index contributed by atoms with van der Waals surface area (Å²) in [6, 6.07) is 2.07. The molecule has 1 aliphatic heterocycles. The standard InChI is InChI=1S/C14H25N3O3S/c1-10(2)15-12-5-6-17(14(18)16-12)13-8-21(9-20-13)7-11(3)19-4/h5-6,10-11,13,21H,7-9H2,1-4H3,(H,15,16,18)/t11?,13-/m0/s1. The zero-order valence-electron chi connectivity index (χ0n) is 13.1. The third kappa shape index (κ3) is 4.46. The molecule has 0 spiro atoms. The molecule has 21 heavy (non-hydrogen) atoms. The fourth-order valence-electron chi connectivity index (χ4n) is 2.26. The average Bonchev–Trinajstić information content (AvgIpc) is 2.86. The first-order chi connectivity index (χ1) is 9.99. The lowest BCUT2D eigenvalue weighted by atomic mass is 10.4. The number of nitrogens with one attached hydrogen (secondary N) is 1. The molecule has 0 saturated carbocycles. The highest BCUT2D eigenvalue weighted by Crippen LogP contribution is 2.38. The van der Waals surface area contributed by atoms with E-state index in [0.717, 1.165) is 17.4 Å². The van der Waals surface area contributed by atoms with Crippen molar-refractivity contribution in [1.29, 1.82) is 0 Å². The molecule has 2 unspecified atom stereocenters. The number of hydrogen-bond acceptors (Lipinski definition) is 5. The second-order valence-electron chi connectivity index (χ2n) is 5.63. The minimum Gasteiger partial charge on any atom is -0.381 e. The van der Waals surface area contributed by atoms with Crippen molar-refractivity contribution in [3.63, 3.8) is 0 Å². The Kier molecular flexibility index (Phi) is 5.66. The maximum absolute atomic E-state index is 12.1. The Morgan fingerprint density at radius 2 is 2.33 bits per heavy atom. The Balaban J connectivity index is 2.01. The minimum absolute atomic E-state index is 0.187. The molecule has 0 aromatic carbocycles. The second-order valence-corrected chi connectivity index (χ2v) is 7.96. The SMILES string of the molecule is COC(C)C[SH]1CO[C@H](n2ccc(NC(C)C)nc2=O)C1. The van der Waals surface area contributed by atoms with Crippen LogP contribution >= 0.6 is 10.9 Å². The molecule has 2 rings (SSSR count). The summed E-state index contributed by atoms with van der Waals surface area (Å²) in [5.41, 5.74) is -0.262. The van der Waals surface area contributed by atoms with Gasteiger partial charge in [0.05, 0.1) is 12.0 Å². The molecule has 1 N–H and O–H groups in total. The van der Waals surface area contributed by atoms with E-state index in [0.29, 0.717) is 5.82 Å². The van der Waals surface area contributed by atoms with E-state index in [2.05, 4.69) is 17.2 Å². The van der Waals surface area contributed by atoms with Gasteiger partial charge >= 0.3 is 5.69 Å². The van der Waals surface area contributed by atoms with Crippen LogP contribution in [0.1, 0.15) is 27.0 Å². The molecule has 1 aliphatic rings. The summed E-state index contributed by atoms with van der Waals surface area (Å²) in [6.45, 7) is 6.09. The largest absolute Gasteiger partial charge is 0.381 e. The van der Waals surface area contributed by atoms with Crippen LogP contribution in [0.2, 0.25) is 0 Å². The minimum atomic E-state index is -0.262. The molecule has 0 amide bonds. The summed E-state index contributed by atoms with van der Waals surface area (Å²) in [7, 11) is 1.49. The van der Waals surface area contributed by atoms with Crippen LogP contribution in [0.5, 0.6) is 0 Å². The lowest BCUT2D eigenvalue weighted by molar-refractivity contribution is 0.0637. The third-order valence-electron chi connectivity index (χ3n) is 3.36. The van der Waals surface area contributed by atoms with Crippen LogP contribution in [0.4, 0.5) is 5.82 Å². The predicted octanol–water partition coefficient (Wildman–Crippen LogP) is 1.59. The predicted molar refractivity (Wildman–Crippen MR) is 87.4 cm³/mol. The number of nitrogens with zero attached hydrogens (tertiary/aromatic N) is 2. The Morgan fingerprint density at radius 1 is 1.57 bits per heavy atom. The monoisotopic (exact) mass is 315 g/mol. The van der Waals surface area contributed by atoms with Crippen molar-refractivity contribution < 1.29 is 9.47 Å². The van der Waals surface area contributed by atoms with Crippen molar-refractivity contribution in [2.75, 3.05) is 29.9 Å². The van der Waals surface area contributed by atoms with Gasteiger partial charge in [-0.15, -0.1) is 0 Å². The summed E-state index contributed by atoms with van der Waals surface area (Å²) in [6.07, 6.45) is 1.82. The molecule has 3 atom stereocenters. The molecule has 0 bridgehead atoms. The molecule has 120 valence electrons. The molecular formula is C14H25N3O3S. The summed E-state index contributed by atoms with van der Waals surface area (Å²) in [4.78, 5) is 16.2. The van der Waals surface area contributed by atoms with Gasteiger partial charge in [0.2, 0.25) is 0 Å².